The van der Waals surface area contributed by atoms with E-state index in [9.17, 15) is 58.1 Å². The van der Waals surface area contributed by atoms with E-state index in [1.54, 1.807) is 13.8 Å². The molecule has 1 unspecified atom stereocenters. The molecule has 0 radical (unpaired) electrons. The van der Waals surface area contributed by atoms with Crippen LogP contribution in [0.4, 0.5) is 5.69 Å². The SMILES string of the molecule is CC(C)[C@H](NC(=O)[C@@H](NC(=O)[C@@H]1CS(=O)CCCCCC(=O)N[C@H](CCN)C(=O)N1)[C@@H](C)O)C(=O)N[C@H](C(=O)N[C@@H](Cc1ccc([N+](=O)[O-])cc1)C(N)=O)[C@@H](C)O. The lowest BCUT2D eigenvalue weighted by atomic mass is 10.0. The zero-order valence-electron chi connectivity index (χ0n) is 32.4. The molecule has 0 spiro atoms. The first-order chi connectivity index (χ1) is 26.7. The van der Waals surface area contributed by atoms with Crippen LogP contribution in [0.5, 0.6) is 0 Å². The summed E-state index contributed by atoms with van der Waals surface area (Å²) < 4.78 is 12.9. The van der Waals surface area contributed by atoms with E-state index in [2.05, 4.69) is 31.9 Å². The summed E-state index contributed by atoms with van der Waals surface area (Å²) in [7, 11) is -1.61. The van der Waals surface area contributed by atoms with Crippen molar-refractivity contribution in [2.45, 2.75) is 115 Å². The summed E-state index contributed by atoms with van der Waals surface area (Å²) >= 11 is 0. The number of nitro groups is 1. The van der Waals surface area contributed by atoms with Crippen molar-refractivity contribution in [2.75, 3.05) is 18.1 Å². The molecule has 22 heteroatoms. The van der Waals surface area contributed by atoms with Gasteiger partial charge >= 0.3 is 0 Å². The van der Waals surface area contributed by atoms with Gasteiger partial charge in [-0.2, -0.15) is 0 Å². The first-order valence-corrected chi connectivity index (χ1v) is 20.0. The van der Waals surface area contributed by atoms with E-state index in [4.69, 9.17) is 11.5 Å². The number of nitro benzene ring substituents is 1. The molecule has 0 saturated carbocycles. The summed E-state index contributed by atoms with van der Waals surface area (Å²) in [5, 5.41) is 46.6. The highest BCUT2D eigenvalue weighted by molar-refractivity contribution is 7.85. The Labute approximate surface area is 332 Å². The minimum absolute atomic E-state index is 0.0246. The molecule has 0 bridgehead atoms. The Morgan fingerprint density at radius 3 is 1.98 bits per heavy atom. The van der Waals surface area contributed by atoms with Gasteiger partial charge in [-0.25, -0.2) is 0 Å². The van der Waals surface area contributed by atoms with Gasteiger partial charge in [0.1, 0.15) is 36.3 Å². The van der Waals surface area contributed by atoms with Crippen LogP contribution >= 0.6 is 0 Å². The van der Waals surface area contributed by atoms with E-state index in [1.165, 1.54) is 38.1 Å². The van der Waals surface area contributed by atoms with Gasteiger partial charge in [0, 0.05) is 41.5 Å². The lowest BCUT2D eigenvalue weighted by Gasteiger charge is -2.30. The maximum Gasteiger partial charge on any atom is 0.269 e. The van der Waals surface area contributed by atoms with Gasteiger partial charge in [0.05, 0.1) is 22.9 Å². The van der Waals surface area contributed by atoms with Gasteiger partial charge in [0.15, 0.2) is 0 Å². The van der Waals surface area contributed by atoms with Gasteiger partial charge in [0.2, 0.25) is 41.4 Å². The topological polar surface area (TPSA) is 344 Å². The molecule has 2 rings (SSSR count). The predicted molar refractivity (Wildman–Crippen MR) is 206 cm³/mol. The molecule has 21 nitrogen and oxygen atoms in total. The van der Waals surface area contributed by atoms with E-state index >= 15 is 0 Å². The fraction of sp³-hybridized carbons (Fsp3) is 0.629. The van der Waals surface area contributed by atoms with Gasteiger partial charge in [-0.1, -0.05) is 32.4 Å². The molecule has 1 aromatic carbocycles. The molecule has 1 fully saturated rings. The van der Waals surface area contributed by atoms with Crippen LogP contribution in [0.1, 0.15) is 65.4 Å². The lowest BCUT2D eigenvalue weighted by molar-refractivity contribution is -0.384. The molecule has 1 heterocycles. The van der Waals surface area contributed by atoms with Crippen LogP contribution in [-0.4, -0.2) is 127 Å². The number of carbonyl (C=O) groups is 7. The number of aliphatic hydroxyl groups excluding tert-OH is 2. The number of aliphatic hydroxyl groups is 2. The number of nitrogens with one attached hydrogen (secondary N) is 6. The van der Waals surface area contributed by atoms with Crippen molar-refractivity contribution in [3.05, 3.63) is 39.9 Å². The van der Waals surface area contributed by atoms with Crippen molar-refractivity contribution in [1.29, 1.82) is 0 Å². The predicted octanol–water partition coefficient (Wildman–Crippen LogP) is -3.38. The highest BCUT2D eigenvalue weighted by Crippen LogP contribution is 2.14. The van der Waals surface area contributed by atoms with Crippen LogP contribution in [0.3, 0.4) is 0 Å². The number of non-ortho nitro benzene ring substituents is 1. The maximum absolute atomic E-state index is 13.6. The van der Waals surface area contributed by atoms with Crippen molar-refractivity contribution in [1.82, 2.24) is 31.9 Å². The summed E-state index contributed by atoms with van der Waals surface area (Å²) in [4.78, 5) is 102. The van der Waals surface area contributed by atoms with Crippen molar-refractivity contribution >= 4 is 57.8 Å². The molecular weight excluding hydrogens is 771 g/mol. The molecule has 1 aromatic rings. The molecule has 57 heavy (non-hydrogen) atoms. The number of hydrogen-bond donors (Lipinski definition) is 10. The Morgan fingerprint density at radius 1 is 0.877 bits per heavy atom. The maximum atomic E-state index is 13.6. The summed E-state index contributed by atoms with van der Waals surface area (Å²) in [5.41, 5.74) is 11.3. The van der Waals surface area contributed by atoms with Crippen LogP contribution in [0.2, 0.25) is 0 Å². The Bertz CT molecular complexity index is 1630. The van der Waals surface area contributed by atoms with E-state index in [0.717, 1.165) is 0 Å². The zero-order valence-corrected chi connectivity index (χ0v) is 33.2. The van der Waals surface area contributed by atoms with E-state index < -0.39 is 111 Å². The first kappa shape index (κ1) is 48.1. The van der Waals surface area contributed by atoms with E-state index in [-0.39, 0.29) is 43.0 Å². The van der Waals surface area contributed by atoms with Crippen LogP contribution in [0.15, 0.2) is 24.3 Å². The second kappa shape index (κ2) is 23.2. The van der Waals surface area contributed by atoms with E-state index in [0.29, 0.717) is 24.8 Å². The minimum atomic E-state index is -1.72. The second-order valence-corrected chi connectivity index (χ2v) is 15.8. The molecule has 1 aliphatic rings. The second-order valence-electron chi connectivity index (χ2n) is 14.2. The number of primary amides is 1. The average Bonchev–Trinajstić information content (AvgIpc) is 3.13. The number of nitrogens with zero attached hydrogens (tertiary/aromatic N) is 1. The van der Waals surface area contributed by atoms with Crippen molar-refractivity contribution in [2.24, 2.45) is 17.4 Å². The van der Waals surface area contributed by atoms with Crippen LogP contribution in [0.25, 0.3) is 0 Å². The lowest BCUT2D eigenvalue weighted by Crippen LogP contribution is -2.63. The molecule has 0 aliphatic carbocycles. The third-order valence-electron chi connectivity index (χ3n) is 8.99. The van der Waals surface area contributed by atoms with Crippen LogP contribution in [-0.2, 0) is 50.8 Å². The van der Waals surface area contributed by atoms with Gasteiger partial charge in [-0.15, -0.1) is 0 Å². The summed E-state index contributed by atoms with van der Waals surface area (Å²) in [6.07, 6.45) is -1.54. The molecule has 1 saturated heterocycles. The van der Waals surface area contributed by atoms with Gasteiger partial charge in [-0.05, 0) is 51.1 Å². The molecule has 0 aromatic heterocycles. The highest BCUT2D eigenvalue weighted by Gasteiger charge is 2.37. The Balaban J connectivity index is 2.23. The van der Waals surface area contributed by atoms with E-state index in [1.807, 2.05) is 0 Å². The Hall–Kier alpha value is -5.06. The van der Waals surface area contributed by atoms with Crippen molar-refractivity contribution in [3.8, 4) is 0 Å². The molecule has 318 valence electrons. The molecular formula is C35H55N9O12S. The largest absolute Gasteiger partial charge is 0.391 e. The third-order valence-corrected chi connectivity index (χ3v) is 10.4. The third kappa shape index (κ3) is 15.8. The normalized spacial score (nSPS) is 21.2. The zero-order chi connectivity index (χ0) is 43.0. The average molecular weight is 826 g/mol. The fourth-order valence-electron chi connectivity index (χ4n) is 5.71. The van der Waals surface area contributed by atoms with Crippen LogP contribution < -0.4 is 43.4 Å². The standard InChI is InChI=1S/C35H55N9O12S/c1-18(2)27(33(51)43-28(19(3)45)34(52)39-24(30(37)48)16-21-9-11-22(12-10-21)44(54)55)41-35(53)29(20(4)46)42-32(50)25-17-57(56)15-7-5-6-8-26(47)38-23(13-14-36)31(49)40-25/h9-12,18-20,23-25,27-29,45-46H,5-8,13-17,36H2,1-4H3,(H2,37,48)(H,38,47)(H,39,52)(H,40,49)(H,41,53)(H,42,50)(H,43,51)/t19-,20-,23-,24+,25+,27+,28+,29+,57?/m1/s1. The van der Waals surface area contributed by atoms with Gasteiger partial charge in [-0.3, -0.25) is 47.9 Å². The first-order valence-electron chi connectivity index (χ1n) is 18.5. The van der Waals surface area contributed by atoms with Gasteiger partial charge < -0.3 is 53.6 Å². The number of rotatable bonds is 17. The Kier molecular flexibility index (Phi) is 19.6. The molecule has 7 amide bonds. The van der Waals surface area contributed by atoms with Gasteiger partial charge in [0.25, 0.3) is 5.69 Å². The molecule has 1 aliphatic heterocycles. The monoisotopic (exact) mass is 825 g/mol. The molecule has 12 N–H and O–H groups in total. The van der Waals surface area contributed by atoms with Crippen LogP contribution in [0, 0.1) is 16.0 Å². The number of hydrogen-bond acceptors (Lipinski definition) is 13. The van der Waals surface area contributed by atoms with Crippen molar-refractivity contribution < 1.29 is 52.9 Å². The smallest absolute Gasteiger partial charge is 0.269 e. The Morgan fingerprint density at radius 2 is 1.44 bits per heavy atom. The molecule has 9 atom stereocenters. The summed E-state index contributed by atoms with van der Waals surface area (Å²) in [5.74, 6) is -7.02. The fourth-order valence-corrected chi connectivity index (χ4v) is 7.01. The number of carbonyl (C=O) groups excluding carboxylic acids is 7. The number of nitrogens with two attached hydrogens (primary N) is 2. The summed E-state index contributed by atoms with van der Waals surface area (Å²) in [6.45, 7) is 5.48. The summed E-state index contributed by atoms with van der Waals surface area (Å²) in [6, 6.07) is -3.60. The minimum Gasteiger partial charge on any atom is -0.391 e. The number of amides is 7. The highest BCUT2D eigenvalue weighted by atomic mass is 32.2. The quantitative estimate of drug-likeness (QED) is 0.0542. The number of benzene rings is 1. The van der Waals surface area contributed by atoms with Crippen molar-refractivity contribution in [3.63, 3.8) is 0 Å².